The van der Waals surface area contributed by atoms with E-state index in [4.69, 9.17) is 27.7 Å². The van der Waals surface area contributed by atoms with Gasteiger partial charge in [-0.05, 0) is 108 Å². The number of aliphatic hydroxyl groups excluding tert-OH is 2. The smallest absolute Gasteiger partial charge is 0.394 e. The molecule has 4 amide bonds. The van der Waals surface area contributed by atoms with Crippen LogP contribution in [0.1, 0.15) is 124 Å². The van der Waals surface area contributed by atoms with Crippen molar-refractivity contribution in [3.63, 3.8) is 0 Å². The Hall–Kier alpha value is -4.50. The van der Waals surface area contributed by atoms with Gasteiger partial charge in [0.25, 0.3) is 5.91 Å². The Morgan fingerprint density at radius 3 is 2.28 bits per heavy atom. The molecule has 6 rings (SSSR count). The topological polar surface area (TPSA) is 179 Å². The van der Waals surface area contributed by atoms with Crippen LogP contribution in [0.2, 0.25) is 0 Å². The Kier molecular flexibility index (Phi) is 18.2. The molecule has 13 nitrogen and oxygen atoms in total. The summed E-state index contributed by atoms with van der Waals surface area (Å²) < 4.78 is 40.0. The van der Waals surface area contributed by atoms with E-state index in [0.717, 1.165) is 69.2 Å². The van der Waals surface area contributed by atoms with Gasteiger partial charge in [0.1, 0.15) is 11.4 Å². The summed E-state index contributed by atoms with van der Waals surface area (Å²) in [7, 11) is 0. The highest BCUT2D eigenvalue weighted by Crippen LogP contribution is 2.40. The van der Waals surface area contributed by atoms with E-state index in [0.29, 0.717) is 31.2 Å². The van der Waals surface area contributed by atoms with Gasteiger partial charge in [0.2, 0.25) is 17.7 Å². The maximum absolute atomic E-state index is 13.3. The quantitative estimate of drug-likeness (QED) is 0.176. The summed E-state index contributed by atoms with van der Waals surface area (Å²) in [6, 6.07) is 8.82. The molecule has 3 saturated heterocycles. The lowest BCUT2D eigenvalue weighted by molar-refractivity contribution is -0.138. The number of aromatic nitrogens is 1. The summed E-state index contributed by atoms with van der Waals surface area (Å²) in [5, 5.41) is 29.6. The predicted molar refractivity (Wildman–Crippen MR) is 222 cm³/mol. The molecule has 1 saturated carbocycles. The number of halogens is 3. The normalized spacial score (nSPS) is 21.0. The van der Waals surface area contributed by atoms with E-state index in [2.05, 4.69) is 27.4 Å². The molecule has 3 aliphatic heterocycles. The van der Waals surface area contributed by atoms with E-state index in [1.807, 2.05) is 18.7 Å². The number of hydrogen-bond acceptors (Lipinski definition) is 10. The minimum atomic E-state index is -4.69. The van der Waals surface area contributed by atoms with Crippen molar-refractivity contribution in [1.82, 2.24) is 20.1 Å². The molecule has 2 aromatic rings. The molecule has 58 heavy (non-hydrogen) atoms. The summed E-state index contributed by atoms with van der Waals surface area (Å²) in [6.45, 7) is 10.7. The number of nitrogens with zero attached hydrogens (tertiary/aromatic N) is 5. The number of rotatable bonds is 7. The third-order valence-electron chi connectivity index (χ3n) is 10.4. The zero-order chi connectivity index (χ0) is 43.2. The minimum Gasteiger partial charge on any atom is -0.394 e. The van der Waals surface area contributed by atoms with Gasteiger partial charge in [0.15, 0.2) is 5.11 Å². The molecule has 17 heteroatoms. The third kappa shape index (κ3) is 12.3. The highest BCUT2D eigenvalue weighted by atomic mass is 32.1. The number of alkyl halides is 3. The fraction of sp³-hybridized carbons (Fsp3) is 0.585. The second-order valence-corrected chi connectivity index (χ2v) is 15.1. The third-order valence-corrected chi connectivity index (χ3v) is 10.8. The van der Waals surface area contributed by atoms with Gasteiger partial charge in [-0.25, -0.2) is 4.98 Å². The van der Waals surface area contributed by atoms with Gasteiger partial charge >= 0.3 is 6.18 Å². The van der Waals surface area contributed by atoms with Crippen LogP contribution >= 0.6 is 12.2 Å². The number of carbonyl (C=O) groups excluding carboxylic acids is 4. The lowest BCUT2D eigenvalue weighted by Gasteiger charge is -2.39. The number of likely N-dealkylation sites (tertiary alicyclic amines) is 1. The van der Waals surface area contributed by atoms with Crippen LogP contribution in [0.5, 0.6) is 0 Å². The zero-order valence-electron chi connectivity index (χ0n) is 33.9. The van der Waals surface area contributed by atoms with E-state index < -0.39 is 22.8 Å². The molecule has 4 aliphatic rings. The fourth-order valence-corrected chi connectivity index (χ4v) is 8.06. The Labute approximate surface area is 346 Å². The molecular formula is C41H60F3N7O6S. The molecule has 2 atom stereocenters. The molecule has 1 aromatic carbocycles. The van der Waals surface area contributed by atoms with Crippen LogP contribution in [0.25, 0.3) is 0 Å². The second kappa shape index (κ2) is 22.0. The van der Waals surface area contributed by atoms with E-state index in [1.54, 1.807) is 38.2 Å². The fourth-order valence-electron chi connectivity index (χ4n) is 7.50. The largest absolute Gasteiger partial charge is 0.417 e. The van der Waals surface area contributed by atoms with Crippen LogP contribution < -0.4 is 15.5 Å². The van der Waals surface area contributed by atoms with Crippen molar-refractivity contribution >= 4 is 52.5 Å². The van der Waals surface area contributed by atoms with Gasteiger partial charge < -0.3 is 20.4 Å². The summed E-state index contributed by atoms with van der Waals surface area (Å²) in [5.41, 5.74) is -1.66. The number of thiocarbonyl (C=S) groups is 1. The molecule has 0 spiro atoms. The van der Waals surface area contributed by atoms with Gasteiger partial charge in [-0.1, -0.05) is 39.5 Å². The van der Waals surface area contributed by atoms with Crippen molar-refractivity contribution in [2.75, 3.05) is 36.5 Å². The minimum absolute atomic E-state index is 0. The first-order valence-corrected chi connectivity index (χ1v) is 20.3. The van der Waals surface area contributed by atoms with Crippen molar-refractivity contribution in [3.05, 3.63) is 53.2 Å². The first-order valence-electron chi connectivity index (χ1n) is 19.9. The zero-order valence-corrected chi connectivity index (χ0v) is 34.7. The number of anilines is 2. The number of nitriles is 1. The molecule has 1 aromatic heterocycles. The Morgan fingerprint density at radius 2 is 1.69 bits per heavy atom. The van der Waals surface area contributed by atoms with Gasteiger partial charge in [-0.15, -0.1) is 0 Å². The second-order valence-electron chi connectivity index (χ2n) is 14.8. The highest BCUT2D eigenvalue weighted by Gasteiger charge is 2.52. The number of amides is 4. The Bertz CT molecular complexity index is 1810. The van der Waals surface area contributed by atoms with Crippen LogP contribution in [-0.2, 0) is 25.4 Å². The van der Waals surface area contributed by atoms with E-state index in [1.165, 1.54) is 17.4 Å². The van der Waals surface area contributed by atoms with Crippen molar-refractivity contribution in [2.24, 2.45) is 0 Å². The standard InChI is InChI=1S/C19H20F3N3OS.C18H24N4O3.C2H6O2.C2H6.2H2/c1-18(2)16(26)24(17(27)25(18)13-6-4-3-5-7-13)14-9-8-12(11-23)15(10-14)19(20,21)22;1-12-4-2-3-9-22(12)11-17(24)20-15-10-13(7-8-19-15)14-5-6-16(23)21-18(14)25;3-1-2-4;1-2;;/h8-10,13H,3-7H2,1-2H3;7-8,10,12,14H,2-6,9,11H2,1H3,(H,19,20,24)(H,21,23,25);3-4H,1-2H2;1-2H3;2*1H/t;12-,14?;;;;/m.0..../s1. The Balaban J connectivity index is 0.000000516. The number of nitrogens with one attached hydrogen (secondary N) is 2. The van der Waals surface area contributed by atoms with E-state index in [9.17, 15) is 32.3 Å². The van der Waals surface area contributed by atoms with Gasteiger partial charge in [0, 0.05) is 27.6 Å². The number of carbonyl (C=O) groups is 4. The molecule has 1 aliphatic carbocycles. The van der Waals surface area contributed by atoms with Crippen LogP contribution in [0.3, 0.4) is 0 Å². The number of hydrogen-bond donors (Lipinski definition) is 4. The number of benzene rings is 1. The van der Waals surface area contributed by atoms with Crippen molar-refractivity contribution in [3.8, 4) is 6.07 Å². The summed E-state index contributed by atoms with van der Waals surface area (Å²) in [6.07, 6.45) is 6.21. The molecule has 0 radical (unpaired) electrons. The van der Waals surface area contributed by atoms with Crippen LogP contribution in [0, 0.1) is 11.3 Å². The lowest BCUT2D eigenvalue weighted by atomic mass is 9.91. The first kappa shape index (κ1) is 47.9. The SMILES string of the molecule is CC.CC1(C)C(=O)N(c2ccc(C#N)c(C(F)(F)F)c2)C(=S)N1C1CCCCC1.C[C@H]1CCCCN1CC(=O)Nc1cc(C2CCC(=O)NC2=O)ccn1.OCCO.[HH].[HH]. The summed E-state index contributed by atoms with van der Waals surface area (Å²) in [4.78, 5) is 58.1. The van der Waals surface area contributed by atoms with Gasteiger partial charge in [-0.2, -0.15) is 18.4 Å². The molecule has 4 heterocycles. The maximum Gasteiger partial charge on any atom is 0.417 e. The number of pyridine rings is 1. The molecule has 1 unspecified atom stereocenters. The van der Waals surface area contributed by atoms with Crippen LogP contribution in [-0.4, -0.2) is 97.7 Å². The van der Waals surface area contributed by atoms with Gasteiger partial charge in [-0.3, -0.25) is 34.3 Å². The summed E-state index contributed by atoms with van der Waals surface area (Å²) in [5.74, 6) is -0.908. The molecule has 322 valence electrons. The Morgan fingerprint density at radius 1 is 1.03 bits per heavy atom. The number of piperidine rings is 2. The average molecular weight is 836 g/mol. The molecule has 4 fully saturated rings. The highest BCUT2D eigenvalue weighted by molar-refractivity contribution is 7.80. The number of aliphatic hydroxyl groups is 2. The van der Waals surface area contributed by atoms with Crippen molar-refractivity contribution in [2.45, 2.75) is 129 Å². The van der Waals surface area contributed by atoms with Crippen molar-refractivity contribution < 1.29 is 45.4 Å². The maximum atomic E-state index is 13.3. The predicted octanol–water partition coefficient (Wildman–Crippen LogP) is 6.53. The van der Waals surface area contributed by atoms with Crippen molar-refractivity contribution in [1.29, 1.82) is 5.26 Å². The lowest BCUT2D eigenvalue weighted by Crippen LogP contribution is -2.50. The molecule has 0 bridgehead atoms. The average Bonchev–Trinajstić information content (AvgIpc) is 3.38. The number of imide groups is 1. The van der Waals surface area contributed by atoms with E-state index >= 15 is 0 Å². The van der Waals surface area contributed by atoms with E-state index in [-0.39, 0.29) is 62.5 Å². The van der Waals surface area contributed by atoms with Crippen LogP contribution in [0.15, 0.2) is 36.5 Å². The van der Waals surface area contributed by atoms with Gasteiger partial charge in [0.05, 0.1) is 48.6 Å². The van der Waals surface area contributed by atoms with Crippen LogP contribution in [0.4, 0.5) is 24.7 Å². The molecule has 4 N–H and O–H groups in total. The monoisotopic (exact) mass is 835 g/mol. The molecular weight excluding hydrogens is 776 g/mol. The summed E-state index contributed by atoms with van der Waals surface area (Å²) >= 11 is 5.53. The first-order chi connectivity index (χ1) is 27.5.